The lowest BCUT2D eigenvalue weighted by Crippen LogP contribution is -2.28. The van der Waals surface area contributed by atoms with Gasteiger partial charge in [0.25, 0.3) is 11.9 Å². The summed E-state index contributed by atoms with van der Waals surface area (Å²) >= 11 is 0. The van der Waals surface area contributed by atoms with Crippen LogP contribution in [0.4, 0.5) is 13.2 Å². The summed E-state index contributed by atoms with van der Waals surface area (Å²) in [7, 11) is 1.47. The number of nitrogens with two attached hydrogens (primary N) is 1. The summed E-state index contributed by atoms with van der Waals surface area (Å²) in [5.74, 6) is -0.281. The molecule has 4 N–H and O–H groups in total. The van der Waals surface area contributed by atoms with Crippen LogP contribution in [0.5, 0.6) is 11.7 Å². The Hall–Kier alpha value is -3.47. The zero-order valence-electron chi connectivity index (χ0n) is 17.3. The van der Waals surface area contributed by atoms with Gasteiger partial charge < -0.3 is 25.2 Å². The maximum atomic E-state index is 13.7. The number of hydrogen-bond donors (Lipinski definition) is 3. The predicted molar refractivity (Wildman–Crippen MR) is 112 cm³/mol. The largest absolute Gasteiger partial charge is 0.429 e. The van der Waals surface area contributed by atoms with Crippen molar-refractivity contribution < 1.29 is 27.1 Å². The zero-order chi connectivity index (χ0) is 22.9. The number of nitrogens with one attached hydrogen (secondary N) is 2. The average molecular weight is 449 g/mol. The highest BCUT2D eigenvalue weighted by Gasteiger charge is 2.34. The highest BCUT2D eigenvalue weighted by atomic mass is 19.4. The fourth-order valence-electron chi connectivity index (χ4n) is 3.62. The van der Waals surface area contributed by atoms with E-state index < -0.39 is 17.6 Å². The van der Waals surface area contributed by atoms with E-state index in [2.05, 4.69) is 20.2 Å². The van der Waals surface area contributed by atoms with Crippen LogP contribution in [0.2, 0.25) is 0 Å². The molecule has 1 fully saturated rings. The minimum absolute atomic E-state index is 0.0697. The van der Waals surface area contributed by atoms with Crippen molar-refractivity contribution in [2.45, 2.75) is 25.6 Å². The minimum Gasteiger partial charge on any atom is -0.429 e. The lowest BCUT2D eigenvalue weighted by Gasteiger charge is -2.12. The van der Waals surface area contributed by atoms with Crippen molar-refractivity contribution in [2.75, 3.05) is 20.1 Å². The van der Waals surface area contributed by atoms with E-state index >= 15 is 0 Å². The molecule has 4 rings (SSSR count). The van der Waals surface area contributed by atoms with E-state index in [1.54, 1.807) is 12.1 Å². The van der Waals surface area contributed by atoms with Crippen LogP contribution in [-0.4, -0.2) is 41.9 Å². The number of carbonyl (C=O) groups is 1. The van der Waals surface area contributed by atoms with Gasteiger partial charge in [0.2, 0.25) is 0 Å². The number of ether oxygens (including phenoxy) is 1. The van der Waals surface area contributed by atoms with Crippen LogP contribution in [0, 0.1) is 0 Å². The van der Waals surface area contributed by atoms with E-state index in [9.17, 15) is 18.0 Å². The van der Waals surface area contributed by atoms with E-state index in [0.29, 0.717) is 12.3 Å². The molecule has 0 radical (unpaired) electrons. The third-order valence-electron chi connectivity index (χ3n) is 5.16. The number of fused-ring (bicyclic) bond motifs is 1. The smallest absolute Gasteiger partial charge is 0.417 e. The van der Waals surface area contributed by atoms with Crippen LogP contribution in [0.3, 0.4) is 0 Å². The number of carbonyl (C=O) groups excluding carboxylic acids is 1. The van der Waals surface area contributed by atoms with Gasteiger partial charge in [0.05, 0.1) is 17.6 Å². The number of guanidine groups is 1. The average Bonchev–Trinajstić information content (AvgIpc) is 3.48. The summed E-state index contributed by atoms with van der Waals surface area (Å²) in [6.07, 6.45) is -2.40. The van der Waals surface area contributed by atoms with Crippen molar-refractivity contribution in [2.24, 2.45) is 10.7 Å². The SMILES string of the molecule is CNC(N)=NC(=O)c1cc2c(C(F)(F)F)cc(Oc3ccc(CN4CCCC4)o3)cc2[nH]1. The number of aromatic amines is 1. The molecule has 3 aromatic rings. The second-order valence-corrected chi connectivity index (χ2v) is 7.47. The number of nitrogens with zero attached hydrogens (tertiary/aromatic N) is 2. The van der Waals surface area contributed by atoms with Crippen LogP contribution >= 0.6 is 0 Å². The molecule has 1 aliphatic heterocycles. The van der Waals surface area contributed by atoms with Gasteiger partial charge in [-0.05, 0) is 44.1 Å². The molecule has 11 heteroatoms. The number of H-pyrrole nitrogens is 1. The van der Waals surface area contributed by atoms with Crippen LogP contribution < -0.4 is 15.8 Å². The Labute approximate surface area is 181 Å². The molecule has 8 nitrogen and oxygen atoms in total. The summed E-state index contributed by atoms with van der Waals surface area (Å²) in [6.45, 7) is 2.59. The van der Waals surface area contributed by atoms with Gasteiger partial charge in [0.1, 0.15) is 17.2 Å². The quantitative estimate of drug-likeness (QED) is 0.403. The number of aliphatic imine (C=N–C) groups is 1. The van der Waals surface area contributed by atoms with Crippen molar-refractivity contribution in [3.63, 3.8) is 0 Å². The maximum absolute atomic E-state index is 13.7. The molecule has 1 amide bonds. The summed E-state index contributed by atoms with van der Waals surface area (Å²) in [5, 5.41) is 2.30. The van der Waals surface area contributed by atoms with Gasteiger partial charge in [0, 0.05) is 24.6 Å². The first-order valence-electron chi connectivity index (χ1n) is 10.0. The van der Waals surface area contributed by atoms with Crippen LogP contribution in [0.1, 0.15) is 34.7 Å². The third-order valence-corrected chi connectivity index (χ3v) is 5.16. The molecule has 32 heavy (non-hydrogen) atoms. The highest BCUT2D eigenvalue weighted by molar-refractivity contribution is 6.04. The molecule has 2 aromatic heterocycles. The Morgan fingerprint density at radius 2 is 2.03 bits per heavy atom. The molecule has 0 unspecified atom stereocenters. The van der Waals surface area contributed by atoms with Gasteiger partial charge in [-0.1, -0.05) is 0 Å². The van der Waals surface area contributed by atoms with E-state index in [1.165, 1.54) is 13.1 Å². The Bertz CT molecular complexity index is 1160. The molecule has 3 heterocycles. The van der Waals surface area contributed by atoms with Gasteiger partial charge in [-0.15, -0.1) is 0 Å². The Morgan fingerprint density at radius 1 is 1.28 bits per heavy atom. The van der Waals surface area contributed by atoms with Crippen molar-refractivity contribution in [3.8, 4) is 11.7 Å². The number of alkyl halides is 3. The van der Waals surface area contributed by atoms with E-state index in [-0.39, 0.29) is 34.3 Å². The monoisotopic (exact) mass is 449 g/mol. The number of furan rings is 1. The zero-order valence-corrected chi connectivity index (χ0v) is 17.3. The highest BCUT2D eigenvalue weighted by Crippen LogP contribution is 2.39. The fourth-order valence-corrected chi connectivity index (χ4v) is 3.62. The molecular weight excluding hydrogens is 427 g/mol. The first-order valence-corrected chi connectivity index (χ1v) is 10.0. The summed E-state index contributed by atoms with van der Waals surface area (Å²) < 4.78 is 52.3. The molecule has 0 atom stereocenters. The minimum atomic E-state index is -4.67. The molecule has 0 bridgehead atoms. The van der Waals surface area contributed by atoms with E-state index in [4.69, 9.17) is 14.9 Å². The standard InChI is InChI=1S/C21H22F3N5O3/c1-26-20(25)28-19(30)17-10-14-15(21(22,23)24)8-13(9-16(14)27-17)32-18-5-4-12(31-18)11-29-6-2-3-7-29/h4-5,8-10,27H,2-3,6-7,11H2,1H3,(H3,25,26,28,30). The summed E-state index contributed by atoms with van der Waals surface area (Å²) in [5.41, 5.74) is 4.45. The van der Waals surface area contributed by atoms with Crippen molar-refractivity contribution in [1.29, 1.82) is 0 Å². The van der Waals surface area contributed by atoms with Gasteiger partial charge >= 0.3 is 6.18 Å². The summed E-state index contributed by atoms with van der Waals surface area (Å²) in [6, 6.07) is 6.65. The Morgan fingerprint density at radius 3 is 2.72 bits per heavy atom. The molecule has 1 aromatic carbocycles. The number of rotatable bonds is 5. The molecule has 170 valence electrons. The Kier molecular flexibility index (Phi) is 5.83. The third kappa shape index (κ3) is 4.72. The van der Waals surface area contributed by atoms with Crippen LogP contribution in [-0.2, 0) is 12.7 Å². The number of hydrogen-bond acceptors (Lipinski definition) is 4. The summed E-state index contributed by atoms with van der Waals surface area (Å²) in [4.78, 5) is 20.7. The van der Waals surface area contributed by atoms with E-state index in [0.717, 1.165) is 38.1 Å². The number of amides is 1. The topological polar surface area (TPSA) is 109 Å². The van der Waals surface area contributed by atoms with Crippen molar-refractivity contribution in [3.05, 3.63) is 47.3 Å². The fraction of sp³-hybridized carbons (Fsp3) is 0.333. The van der Waals surface area contributed by atoms with Crippen molar-refractivity contribution in [1.82, 2.24) is 15.2 Å². The molecule has 0 spiro atoms. The second-order valence-electron chi connectivity index (χ2n) is 7.47. The predicted octanol–water partition coefficient (Wildman–Crippen LogP) is 3.84. The van der Waals surface area contributed by atoms with Crippen LogP contribution in [0.15, 0.2) is 39.7 Å². The number of benzene rings is 1. The number of halogens is 3. The van der Waals surface area contributed by atoms with Crippen molar-refractivity contribution >= 4 is 22.8 Å². The van der Waals surface area contributed by atoms with Gasteiger partial charge in [0.15, 0.2) is 5.96 Å². The molecular formula is C21H22F3N5O3. The number of likely N-dealkylation sites (tertiary alicyclic amines) is 1. The Balaban J connectivity index is 1.63. The van der Waals surface area contributed by atoms with E-state index in [1.807, 2.05) is 0 Å². The lowest BCUT2D eigenvalue weighted by molar-refractivity contribution is -0.136. The molecule has 1 aliphatic rings. The van der Waals surface area contributed by atoms with Gasteiger partial charge in [-0.2, -0.15) is 18.2 Å². The lowest BCUT2D eigenvalue weighted by atomic mass is 10.1. The normalized spacial score (nSPS) is 15.4. The first-order chi connectivity index (χ1) is 15.2. The van der Waals surface area contributed by atoms with Crippen LogP contribution in [0.25, 0.3) is 10.9 Å². The number of aromatic nitrogens is 1. The molecule has 1 saturated heterocycles. The molecule has 0 aliphatic carbocycles. The first kappa shape index (κ1) is 21.8. The van der Waals surface area contributed by atoms with Gasteiger partial charge in [-0.25, -0.2) is 0 Å². The molecule has 0 saturated carbocycles. The van der Waals surface area contributed by atoms with Gasteiger partial charge in [-0.3, -0.25) is 9.69 Å². The maximum Gasteiger partial charge on any atom is 0.417 e. The second kappa shape index (κ2) is 8.58.